The maximum atomic E-state index is 12.5. The van der Waals surface area contributed by atoms with E-state index in [-0.39, 0.29) is 4.90 Å². The second-order valence-corrected chi connectivity index (χ2v) is 6.01. The van der Waals surface area contributed by atoms with Crippen LogP contribution in [0.2, 0.25) is 0 Å². The third kappa shape index (κ3) is 2.93. The predicted octanol–water partition coefficient (Wildman–Crippen LogP) is 3.09. The van der Waals surface area contributed by atoms with Crippen LogP contribution in [-0.4, -0.2) is 15.5 Å². The smallest absolute Gasteiger partial charge is 0.263 e. The number of aryl methyl sites for hydroxylation is 1. The Morgan fingerprint density at radius 2 is 1.55 bits per heavy atom. The first-order valence-electron chi connectivity index (χ1n) is 6.46. The maximum absolute atomic E-state index is 12.5. The quantitative estimate of drug-likeness (QED) is 0.889. The topological polar surface area (TPSA) is 58.2 Å². The van der Waals surface area contributed by atoms with Gasteiger partial charge in [-0.15, -0.1) is 0 Å². The molecule has 2 aromatic carbocycles. The van der Waals surface area contributed by atoms with Gasteiger partial charge in [0, 0.05) is 7.05 Å². The van der Waals surface area contributed by atoms with E-state index in [1.165, 1.54) is 0 Å². The fourth-order valence-corrected chi connectivity index (χ4v) is 3.35. The van der Waals surface area contributed by atoms with Crippen molar-refractivity contribution < 1.29 is 8.42 Å². The van der Waals surface area contributed by atoms with Crippen LogP contribution in [0.5, 0.6) is 0 Å². The highest BCUT2D eigenvalue weighted by atomic mass is 32.2. The fraction of sp³-hybridized carbons (Fsp3) is 0.200. The van der Waals surface area contributed by atoms with E-state index in [9.17, 15) is 8.42 Å². The van der Waals surface area contributed by atoms with Crippen molar-refractivity contribution in [1.29, 1.82) is 0 Å². The van der Waals surface area contributed by atoms with E-state index in [2.05, 4.69) is 10.0 Å². The maximum Gasteiger partial charge on any atom is 0.263 e. The van der Waals surface area contributed by atoms with Crippen LogP contribution < -0.4 is 10.0 Å². The first kappa shape index (κ1) is 14.4. The molecule has 0 aliphatic heterocycles. The zero-order chi connectivity index (χ0) is 14.6. The van der Waals surface area contributed by atoms with Gasteiger partial charge in [-0.2, -0.15) is 0 Å². The molecule has 106 valence electrons. The Kier molecular flexibility index (Phi) is 4.29. The van der Waals surface area contributed by atoms with Crippen LogP contribution in [0.15, 0.2) is 53.4 Å². The van der Waals surface area contributed by atoms with Gasteiger partial charge >= 0.3 is 0 Å². The molecule has 0 saturated carbocycles. The van der Waals surface area contributed by atoms with Gasteiger partial charge in [-0.25, -0.2) is 8.42 Å². The molecule has 0 aromatic heterocycles. The number of benzene rings is 2. The molecule has 0 heterocycles. The Balaban J connectivity index is 2.41. The third-order valence-electron chi connectivity index (χ3n) is 3.09. The van der Waals surface area contributed by atoms with Crippen LogP contribution in [0.25, 0.3) is 0 Å². The minimum absolute atomic E-state index is 0.244. The molecule has 0 amide bonds. The average Bonchev–Trinajstić information content (AvgIpc) is 2.47. The third-order valence-corrected chi connectivity index (χ3v) is 4.51. The molecule has 0 radical (unpaired) electrons. The fourth-order valence-electron chi connectivity index (χ4n) is 2.04. The van der Waals surface area contributed by atoms with Crippen molar-refractivity contribution >= 4 is 21.4 Å². The lowest BCUT2D eigenvalue weighted by Crippen LogP contribution is -2.15. The van der Waals surface area contributed by atoms with E-state index in [1.807, 2.05) is 25.1 Å². The zero-order valence-corrected chi connectivity index (χ0v) is 12.4. The van der Waals surface area contributed by atoms with Crippen LogP contribution in [0.3, 0.4) is 0 Å². The van der Waals surface area contributed by atoms with E-state index in [1.54, 1.807) is 37.4 Å². The highest BCUT2D eigenvalue weighted by Crippen LogP contribution is 2.25. The van der Waals surface area contributed by atoms with Gasteiger partial charge in [0.05, 0.1) is 11.4 Å². The lowest BCUT2D eigenvalue weighted by atomic mass is 10.1. The molecule has 0 spiro atoms. The van der Waals surface area contributed by atoms with Crippen LogP contribution in [0, 0.1) is 0 Å². The molecule has 2 aromatic rings. The second-order valence-electron chi connectivity index (χ2n) is 4.36. The summed E-state index contributed by atoms with van der Waals surface area (Å²) in [7, 11) is -1.90. The van der Waals surface area contributed by atoms with Gasteiger partial charge in [0.2, 0.25) is 0 Å². The molecule has 2 rings (SSSR count). The lowest BCUT2D eigenvalue weighted by Gasteiger charge is -2.14. The monoisotopic (exact) mass is 290 g/mol. The van der Waals surface area contributed by atoms with E-state index in [0.717, 1.165) is 12.0 Å². The molecule has 0 aliphatic carbocycles. The summed E-state index contributed by atoms with van der Waals surface area (Å²) in [5.41, 5.74) is 2.17. The Morgan fingerprint density at radius 3 is 2.20 bits per heavy atom. The Bertz CT molecular complexity index is 697. The molecule has 0 fully saturated rings. The van der Waals surface area contributed by atoms with Crippen LogP contribution in [0.4, 0.5) is 11.4 Å². The average molecular weight is 290 g/mol. The minimum Gasteiger partial charge on any atom is -0.387 e. The van der Waals surface area contributed by atoms with Crippen molar-refractivity contribution in [2.75, 3.05) is 17.1 Å². The summed E-state index contributed by atoms with van der Waals surface area (Å²) in [6.45, 7) is 1.99. The van der Waals surface area contributed by atoms with Gasteiger partial charge in [0.1, 0.15) is 4.90 Å². The van der Waals surface area contributed by atoms with E-state index < -0.39 is 10.0 Å². The van der Waals surface area contributed by atoms with Crippen molar-refractivity contribution in [3.8, 4) is 0 Å². The number of para-hydroxylation sites is 2. The van der Waals surface area contributed by atoms with Crippen LogP contribution >= 0.6 is 0 Å². The van der Waals surface area contributed by atoms with Crippen molar-refractivity contribution in [2.45, 2.75) is 18.2 Å². The van der Waals surface area contributed by atoms with E-state index in [0.29, 0.717) is 11.4 Å². The van der Waals surface area contributed by atoms with Gasteiger partial charge in [0.25, 0.3) is 10.0 Å². The molecule has 2 N–H and O–H groups in total. The standard InChI is InChI=1S/C15H18N2O2S/c1-3-12-8-4-5-9-13(12)17-20(18,19)15-11-7-6-10-14(15)16-2/h4-11,16-17H,3H2,1-2H3. The molecule has 0 atom stereocenters. The lowest BCUT2D eigenvalue weighted by molar-refractivity contribution is 0.601. The summed E-state index contributed by atoms with van der Waals surface area (Å²) in [4.78, 5) is 0.244. The zero-order valence-electron chi connectivity index (χ0n) is 11.6. The highest BCUT2D eigenvalue weighted by Gasteiger charge is 2.18. The van der Waals surface area contributed by atoms with Crippen molar-refractivity contribution in [1.82, 2.24) is 0 Å². The minimum atomic E-state index is -3.60. The van der Waals surface area contributed by atoms with Gasteiger partial charge < -0.3 is 5.32 Å². The normalized spacial score (nSPS) is 11.1. The number of rotatable bonds is 5. The molecule has 5 heteroatoms. The van der Waals surface area contributed by atoms with Crippen molar-refractivity contribution in [3.05, 3.63) is 54.1 Å². The predicted molar refractivity (Wildman–Crippen MR) is 82.6 cm³/mol. The van der Waals surface area contributed by atoms with Gasteiger partial charge in [-0.3, -0.25) is 4.72 Å². The summed E-state index contributed by atoms with van der Waals surface area (Å²) in [6, 6.07) is 14.2. The van der Waals surface area contributed by atoms with Crippen molar-refractivity contribution in [3.63, 3.8) is 0 Å². The number of anilines is 2. The van der Waals surface area contributed by atoms with Gasteiger partial charge in [-0.1, -0.05) is 37.3 Å². The molecule has 20 heavy (non-hydrogen) atoms. The second kappa shape index (κ2) is 5.96. The molecule has 0 aliphatic rings. The first-order valence-corrected chi connectivity index (χ1v) is 7.94. The molecule has 0 unspecified atom stereocenters. The Labute approximate surface area is 119 Å². The first-order chi connectivity index (χ1) is 9.58. The summed E-state index contributed by atoms with van der Waals surface area (Å²) < 4.78 is 27.7. The van der Waals surface area contributed by atoms with Crippen molar-refractivity contribution in [2.24, 2.45) is 0 Å². The SMILES string of the molecule is CCc1ccccc1NS(=O)(=O)c1ccccc1NC. The molecular formula is C15H18N2O2S. The van der Waals surface area contributed by atoms with Crippen LogP contribution in [0.1, 0.15) is 12.5 Å². The van der Waals surface area contributed by atoms with Gasteiger partial charge in [0.15, 0.2) is 0 Å². The largest absolute Gasteiger partial charge is 0.387 e. The molecule has 4 nitrogen and oxygen atoms in total. The summed E-state index contributed by atoms with van der Waals surface area (Å²) >= 11 is 0. The Hall–Kier alpha value is -2.01. The van der Waals surface area contributed by atoms with E-state index >= 15 is 0 Å². The summed E-state index contributed by atoms with van der Waals surface area (Å²) in [5, 5.41) is 2.90. The molecule has 0 bridgehead atoms. The number of nitrogens with one attached hydrogen (secondary N) is 2. The Morgan fingerprint density at radius 1 is 0.950 bits per heavy atom. The molecule has 0 saturated heterocycles. The molecular weight excluding hydrogens is 272 g/mol. The number of hydrogen-bond acceptors (Lipinski definition) is 3. The van der Waals surface area contributed by atoms with Crippen LogP contribution in [-0.2, 0) is 16.4 Å². The van der Waals surface area contributed by atoms with E-state index in [4.69, 9.17) is 0 Å². The number of sulfonamides is 1. The summed E-state index contributed by atoms with van der Waals surface area (Å²) in [6.07, 6.45) is 0.770. The highest BCUT2D eigenvalue weighted by molar-refractivity contribution is 7.92. The number of hydrogen-bond donors (Lipinski definition) is 2. The van der Waals surface area contributed by atoms with Gasteiger partial charge in [-0.05, 0) is 30.2 Å². The summed E-state index contributed by atoms with van der Waals surface area (Å²) in [5.74, 6) is 0.